The van der Waals surface area contributed by atoms with Crippen molar-refractivity contribution in [3.8, 4) is 0 Å². The zero-order chi connectivity index (χ0) is 11.8. The quantitative estimate of drug-likeness (QED) is 0.751. The zero-order valence-electron chi connectivity index (χ0n) is 10.7. The summed E-state index contributed by atoms with van der Waals surface area (Å²) in [6, 6.07) is 2.68. The lowest BCUT2D eigenvalue weighted by atomic mass is 10.2. The molecule has 92 valence electrons. The summed E-state index contributed by atoms with van der Waals surface area (Å²) in [5.41, 5.74) is 1.41. The third-order valence-corrected chi connectivity index (χ3v) is 3.61. The topological polar surface area (TPSA) is 15.3 Å². The van der Waals surface area contributed by atoms with Crippen molar-refractivity contribution < 1.29 is 0 Å². The molecule has 0 saturated carbocycles. The van der Waals surface area contributed by atoms with Gasteiger partial charge in [0.25, 0.3) is 0 Å². The maximum atomic E-state index is 3.57. The molecule has 16 heavy (non-hydrogen) atoms. The van der Waals surface area contributed by atoms with E-state index in [4.69, 9.17) is 0 Å². The van der Waals surface area contributed by atoms with Crippen molar-refractivity contribution in [3.05, 3.63) is 22.4 Å². The Balaban J connectivity index is 2.19. The Hall–Kier alpha value is -0.380. The van der Waals surface area contributed by atoms with E-state index in [9.17, 15) is 0 Å². The minimum Gasteiger partial charge on any atom is -0.309 e. The van der Waals surface area contributed by atoms with Gasteiger partial charge in [-0.3, -0.25) is 0 Å². The second kappa shape index (κ2) is 7.82. The molecule has 1 N–H and O–H groups in total. The van der Waals surface area contributed by atoms with Crippen LogP contribution in [-0.2, 0) is 0 Å². The number of nitrogens with zero attached hydrogens (tertiary/aromatic N) is 1. The molecule has 1 unspecified atom stereocenters. The van der Waals surface area contributed by atoms with Crippen LogP contribution in [0.2, 0.25) is 0 Å². The minimum atomic E-state index is 0.478. The summed E-state index contributed by atoms with van der Waals surface area (Å²) in [6.07, 6.45) is 1.24. The van der Waals surface area contributed by atoms with Crippen molar-refractivity contribution in [2.45, 2.75) is 33.2 Å². The van der Waals surface area contributed by atoms with Crippen LogP contribution in [0.5, 0.6) is 0 Å². The third kappa shape index (κ3) is 4.64. The highest BCUT2D eigenvalue weighted by atomic mass is 32.1. The number of hydrogen-bond acceptors (Lipinski definition) is 3. The van der Waals surface area contributed by atoms with Crippen LogP contribution in [0.4, 0.5) is 0 Å². The summed E-state index contributed by atoms with van der Waals surface area (Å²) in [4.78, 5) is 2.49. The molecule has 0 radical (unpaired) electrons. The van der Waals surface area contributed by atoms with E-state index in [1.807, 2.05) is 0 Å². The van der Waals surface area contributed by atoms with Gasteiger partial charge in [0.1, 0.15) is 0 Å². The molecule has 0 spiro atoms. The molecule has 0 bridgehead atoms. The van der Waals surface area contributed by atoms with Crippen molar-refractivity contribution in [2.75, 3.05) is 26.2 Å². The minimum absolute atomic E-state index is 0.478. The van der Waals surface area contributed by atoms with Crippen LogP contribution in [0.1, 0.15) is 38.8 Å². The van der Waals surface area contributed by atoms with Gasteiger partial charge in [0.15, 0.2) is 0 Å². The molecule has 1 aromatic rings. The van der Waals surface area contributed by atoms with E-state index >= 15 is 0 Å². The molecule has 0 aliphatic heterocycles. The molecule has 2 nitrogen and oxygen atoms in total. The van der Waals surface area contributed by atoms with Crippen LogP contribution in [-0.4, -0.2) is 31.1 Å². The van der Waals surface area contributed by atoms with Crippen LogP contribution in [0.15, 0.2) is 16.8 Å². The lowest BCUT2D eigenvalue weighted by Crippen LogP contribution is -2.33. The van der Waals surface area contributed by atoms with Crippen LogP contribution in [0.25, 0.3) is 0 Å². The first kappa shape index (κ1) is 13.7. The fraction of sp³-hybridized carbons (Fsp3) is 0.692. The lowest BCUT2D eigenvalue weighted by Gasteiger charge is -2.21. The second-order valence-corrected chi connectivity index (χ2v) is 4.95. The van der Waals surface area contributed by atoms with Crippen LogP contribution < -0.4 is 5.32 Å². The Morgan fingerprint density at radius 1 is 1.38 bits per heavy atom. The van der Waals surface area contributed by atoms with E-state index in [1.165, 1.54) is 18.5 Å². The second-order valence-electron chi connectivity index (χ2n) is 4.17. The molecule has 0 amide bonds. The van der Waals surface area contributed by atoms with Gasteiger partial charge in [-0.1, -0.05) is 13.8 Å². The molecule has 1 rings (SSSR count). The predicted molar refractivity (Wildman–Crippen MR) is 73.1 cm³/mol. The molecular formula is C13H24N2S. The monoisotopic (exact) mass is 240 g/mol. The fourth-order valence-corrected chi connectivity index (χ4v) is 2.58. The maximum absolute atomic E-state index is 3.57. The highest BCUT2D eigenvalue weighted by Gasteiger charge is 2.05. The van der Waals surface area contributed by atoms with Crippen molar-refractivity contribution in [2.24, 2.45) is 0 Å². The highest BCUT2D eigenvalue weighted by Crippen LogP contribution is 2.14. The molecular weight excluding hydrogens is 216 g/mol. The summed E-state index contributed by atoms with van der Waals surface area (Å²) < 4.78 is 0. The van der Waals surface area contributed by atoms with E-state index in [0.29, 0.717) is 6.04 Å². The van der Waals surface area contributed by atoms with Crippen molar-refractivity contribution in [1.29, 1.82) is 0 Å². The Labute approximate surface area is 104 Å². The van der Waals surface area contributed by atoms with Gasteiger partial charge in [0, 0.05) is 19.1 Å². The van der Waals surface area contributed by atoms with Gasteiger partial charge in [0.2, 0.25) is 0 Å². The lowest BCUT2D eigenvalue weighted by molar-refractivity contribution is 0.284. The molecule has 0 aliphatic rings. The van der Waals surface area contributed by atoms with Gasteiger partial charge in [-0.2, -0.15) is 11.3 Å². The smallest absolute Gasteiger partial charge is 0.0300 e. The zero-order valence-corrected chi connectivity index (χ0v) is 11.5. The molecule has 1 heterocycles. The van der Waals surface area contributed by atoms with Crippen molar-refractivity contribution >= 4 is 11.3 Å². The van der Waals surface area contributed by atoms with E-state index in [0.717, 1.165) is 19.6 Å². The number of rotatable bonds is 8. The van der Waals surface area contributed by atoms with Gasteiger partial charge in [-0.05, 0) is 48.8 Å². The molecule has 3 heteroatoms. The first-order chi connectivity index (χ1) is 7.77. The van der Waals surface area contributed by atoms with Gasteiger partial charge in [-0.25, -0.2) is 0 Å². The van der Waals surface area contributed by atoms with E-state index in [-0.39, 0.29) is 0 Å². The number of likely N-dealkylation sites (N-methyl/N-ethyl adjacent to an activating group) is 1. The normalized spacial score (nSPS) is 13.2. The van der Waals surface area contributed by atoms with E-state index in [2.05, 4.69) is 47.8 Å². The summed E-state index contributed by atoms with van der Waals surface area (Å²) in [7, 11) is 0. The molecule has 0 aliphatic carbocycles. The largest absolute Gasteiger partial charge is 0.309 e. The Bertz CT molecular complexity index is 259. The number of hydrogen-bond donors (Lipinski definition) is 1. The predicted octanol–water partition coefficient (Wildman–Crippen LogP) is 3.13. The third-order valence-electron chi connectivity index (χ3n) is 2.91. The fourth-order valence-electron chi connectivity index (χ4n) is 1.82. The molecule has 1 aromatic heterocycles. The van der Waals surface area contributed by atoms with Crippen LogP contribution in [0, 0.1) is 0 Å². The summed E-state index contributed by atoms with van der Waals surface area (Å²) in [5, 5.41) is 7.94. The SMILES string of the molecule is CCCN(CC)CCNC(C)c1ccsc1. The standard InChI is InChI=1S/C13H24N2S/c1-4-8-15(5-2)9-7-14-12(3)13-6-10-16-11-13/h6,10-12,14H,4-5,7-9H2,1-3H3. The van der Waals surface area contributed by atoms with Gasteiger partial charge >= 0.3 is 0 Å². The van der Waals surface area contributed by atoms with Crippen LogP contribution >= 0.6 is 11.3 Å². The average molecular weight is 240 g/mol. The first-order valence-corrected chi connectivity index (χ1v) is 7.20. The first-order valence-electron chi connectivity index (χ1n) is 6.25. The highest BCUT2D eigenvalue weighted by molar-refractivity contribution is 7.07. The Morgan fingerprint density at radius 2 is 2.19 bits per heavy atom. The van der Waals surface area contributed by atoms with Gasteiger partial charge in [0.05, 0.1) is 0 Å². The summed E-state index contributed by atoms with van der Waals surface area (Å²) >= 11 is 1.77. The summed E-state index contributed by atoms with van der Waals surface area (Å²) in [6.45, 7) is 11.3. The van der Waals surface area contributed by atoms with Crippen LogP contribution in [0.3, 0.4) is 0 Å². The van der Waals surface area contributed by atoms with E-state index < -0.39 is 0 Å². The Kier molecular flexibility index (Phi) is 6.69. The van der Waals surface area contributed by atoms with E-state index in [1.54, 1.807) is 11.3 Å². The number of thiophene rings is 1. The summed E-state index contributed by atoms with van der Waals surface area (Å²) in [5.74, 6) is 0. The maximum Gasteiger partial charge on any atom is 0.0300 e. The van der Waals surface area contributed by atoms with Gasteiger partial charge in [-0.15, -0.1) is 0 Å². The molecule has 0 fully saturated rings. The molecule has 0 saturated heterocycles. The molecule has 1 atom stereocenters. The Morgan fingerprint density at radius 3 is 2.75 bits per heavy atom. The van der Waals surface area contributed by atoms with Crippen molar-refractivity contribution in [1.82, 2.24) is 10.2 Å². The van der Waals surface area contributed by atoms with Gasteiger partial charge < -0.3 is 10.2 Å². The molecule has 0 aromatic carbocycles. The average Bonchev–Trinajstić information content (AvgIpc) is 2.81. The van der Waals surface area contributed by atoms with Crippen molar-refractivity contribution in [3.63, 3.8) is 0 Å². The number of nitrogens with one attached hydrogen (secondary N) is 1.